The number of rotatable bonds is 3. The molecule has 1 aromatic heterocycles. The molecule has 0 radical (unpaired) electrons. The second-order valence-electron chi connectivity index (χ2n) is 3.28. The van der Waals surface area contributed by atoms with Crippen LogP contribution in [0, 0.1) is 5.82 Å². The van der Waals surface area contributed by atoms with E-state index in [4.69, 9.17) is 16.3 Å². The normalized spacial score (nSPS) is 10.3. The van der Waals surface area contributed by atoms with Crippen LogP contribution in [0.15, 0.2) is 41.0 Å². The van der Waals surface area contributed by atoms with Gasteiger partial charge in [0.2, 0.25) is 5.88 Å². The second kappa shape index (κ2) is 5.47. The van der Waals surface area contributed by atoms with E-state index in [-0.39, 0.29) is 5.82 Å². The Labute approximate surface area is 112 Å². The third kappa shape index (κ3) is 2.96. The molecular weight excluding hydrogens is 308 g/mol. The van der Waals surface area contributed by atoms with E-state index < -0.39 is 0 Å². The van der Waals surface area contributed by atoms with Crippen molar-refractivity contribution in [3.8, 4) is 11.6 Å². The fourth-order valence-corrected chi connectivity index (χ4v) is 1.83. The summed E-state index contributed by atoms with van der Waals surface area (Å²) in [6.07, 6.45) is 1.62. The van der Waals surface area contributed by atoms with Crippen molar-refractivity contribution >= 4 is 27.5 Å². The number of nitrogens with zero attached hydrogens (tertiary/aromatic N) is 1. The van der Waals surface area contributed by atoms with Gasteiger partial charge >= 0.3 is 0 Å². The van der Waals surface area contributed by atoms with E-state index in [1.807, 2.05) is 6.07 Å². The van der Waals surface area contributed by atoms with Crippen LogP contribution < -0.4 is 4.74 Å². The molecule has 1 aromatic carbocycles. The topological polar surface area (TPSA) is 22.1 Å². The molecule has 17 heavy (non-hydrogen) atoms. The van der Waals surface area contributed by atoms with Gasteiger partial charge in [0.05, 0.1) is 10.4 Å². The van der Waals surface area contributed by atoms with Crippen LogP contribution in [-0.2, 0) is 5.88 Å². The van der Waals surface area contributed by atoms with Gasteiger partial charge < -0.3 is 4.74 Å². The van der Waals surface area contributed by atoms with Crippen molar-refractivity contribution < 1.29 is 9.13 Å². The van der Waals surface area contributed by atoms with Gasteiger partial charge in [-0.1, -0.05) is 6.07 Å². The van der Waals surface area contributed by atoms with E-state index >= 15 is 0 Å². The van der Waals surface area contributed by atoms with Crippen LogP contribution in [0.2, 0.25) is 0 Å². The molecule has 0 saturated heterocycles. The number of aromatic nitrogens is 1. The minimum absolute atomic E-state index is 0.311. The van der Waals surface area contributed by atoms with Gasteiger partial charge in [-0.3, -0.25) is 0 Å². The summed E-state index contributed by atoms with van der Waals surface area (Å²) >= 11 is 8.86. The van der Waals surface area contributed by atoms with E-state index in [9.17, 15) is 4.39 Å². The minimum Gasteiger partial charge on any atom is -0.439 e. The molecule has 0 aliphatic carbocycles. The lowest BCUT2D eigenvalue weighted by atomic mass is 10.3. The Hall–Kier alpha value is -1.13. The van der Waals surface area contributed by atoms with Gasteiger partial charge in [0.1, 0.15) is 11.6 Å². The molecule has 2 nitrogen and oxygen atoms in total. The molecule has 0 saturated carbocycles. The van der Waals surface area contributed by atoms with Crippen LogP contribution in [-0.4, -0.2) is 4.98 Å². The quantitative estimate of drug-likeness (QED) is 0.777. The van der Waals surface area contributed by atoms with Crippen molar-refractivity contribution in [1.29, 1.82) is 0 Å². The Morgan fingerprint density at radius 2 is 2.18 bits per heavy atom. The molecule has 88 valence electrons. The highest BCUT2D eigenvalue weighted by molar-refractivity contribution is 9.10. The third-order valence-electron chi connectivity index (χ3n) is 2.10. The Morgan fingerprint density at radius 1 is 1.35 bits per heavy atom. The van der Waals surface area contributed by atoms with Crippen LogP contribution >= 0.6 is 27.5 Å². The van der Waals surface area contributed by atoms with E-state index in [0.717, 1.165) is 5.56 Å². The van der Waals surface area contributed by atoms with Gasteiger partial charge in [0.25, 0.3) is 0 Å². The van der Waals surface area contributed by atoms with Crippen molar-refractivity contribution in [3.63, 3.8) is 0 Å². The predicted octanol–water partition coefficient (Wildman–Crippen LogP) is 4.51. The molecule has 0 unspecified atom stereocenters. The molecule has 0 fully saturated rings. The fourth-order valence-electron chi connectivity index (χ4n) is 1.27. The molecule has 2 aromatic rings. The summed E-state index contributed by atoms with van der Waals surface area (Å²) in [6, 6.07) is 8.01. The lowest BCUT2D eigenvalue weighted by molar-refractivity contribution is 0.456. The average Bonchev–Trinajstić information content (AvgIpc) is 2.34. The molecule has 0 aliphatic heterocycles. The Kier molecular flexibility index (Phi) is 3.97. The molecule has 5 heteroatoms. The summed E-state index contributed by atoms with van der Waals surface area (Å²) in [5.74, 6) is 0.909. The number of halogens is 3. The Bertz CT molecular complexity index is 536. The first-order valence-corrected chi connectivity index (χ1v) is 6.16. The minimum atomic E-state index is -0.337. The molecule has 0 amide bonds. The summed E-state index contributed by atoms with van der Waals surface area (Å²) < 4.78 is 18.9. The zero-order valence-corrected chi connectivity index (χ0v) is 11.0. The van der Waals surface area contributed by atoms with Crippen molar-refractivity contribution in [3.05, 3.63) is 52.4 Å². The maximum atomic E-state index is 13.0. The molecule has 0 bridgehead atoms. The maximum absolute atomic E-state index is 13.0. The zero-order chi connectivity index (χ0) is 12.3. The van der Waals surface area contributed by atoms with E-state index in [1.54, 1.807) is 18.3 Å². The lowest BCUT2D eigenvalue weighted by Gasteiger charge is -2.08. The monoisotopic (exact) mass is 315 g/mol. The summed E-state index contributed by atoms with van der Waals surface area (Å²) in [7, 11) is 0. The largest absolute Gasteiger partial charge is 0.439 e. The molecule has 2 rings (SSSR count). The summed E-state index contributed by atoms with van der Waals surface area (Å²) in [6.45, 7) is 0. The first kappa shape index (κ1) is 12.3. The van der Waals surface area contributed by atoms with Gasteiger partial charge in [-0.05, 0) is 40.2 Å². The Morgan fingerprint density at radius 3 is 2.88 bits per heavy atom. The van der Waals surface area contributed by atoms with Gasteiger partial charge in [-0.2, -0.15) is 0 Å². The van der Waals surface area contributed by atoms with Crippen LogP contribution in [0.1, 0.15) is 5.56 Å². The lowest BCUT2D eigenvalue weighted by Crippen LogP contribution is -1.92. The first-order chi connectivity index (χ1) is 8.20. The predicted molar refractivity (Wildman–Crippen MR) is 68.0 cm³/mol. The van der Waals surface area contributed by atoms with Crippen molar-refractivity contribution in [2.24, 2.45) is 0 Å². The van der Waals surface area contributed by atoms with E-state index in [1.165, 1.54) is 12.1 Å². The molecule has 0 aliphatic rings. The van der Waals surface area contributed by atoms with Crippen LogP contribution in [0.3, 0.4) is 0 Å². The summed E-state index contributed by atoms with van der Waals surface area (Å²) in [5, 5.41) is 0. The molecule has 1 heterocycles. The zero-order valence-electron chi connectivity index (χ0n) is 8.66. The highest BCUT2D eigenvalue weighted by Gasteiger charge is 2.06. The molecule has 0 atom stereocenters. The van der Waals surface area contributed by atoms with E-state index in [0.29, 0.717) is 22.0 Å². The van der Waals surface area contributed by atoms with Crippen molar-refractivity contribution in [2.45, 2.75) is 5.88 Å². The Balaban J connectivity index is 2.28. The van der Waals surface area contributed by atoms with Gasteiger partial charge in [-0.15, -0.1) is 11.6 Å². The van der Waals surface area contributed by atoms with E-state index in [2.05, 4.69) is 20.9 Å². The highest BCUT2D eigenvalue weighted by atomic mass is 79.9. The number of alkyl halides is 1. The number of hydrogen-bond acceptors (Lipinski definition) is 2. The highest BCUT2D eigenvalue weighted by Crippen LogP contribution is 2.27. The number of benzene rings is 1. The van der Waals surface area contributed by atoms with Crippen LogP contribution in [0.25, 0.3) is 0 Å². The van der Waals surface area contributed by atoms with Crippen LogP contribution in [0.5, 0.6) is 11.6 Å². The SMILES string of the molecule is Fc1ccc(Oc2ncccc2CCl)cc1Br. The van der Waals surface area contributed by atoms with Gasteiger partial charge in [-0.25, -0.2) is 9.37 Å². The molecular formula is C12H8BrClFNO. The maximum Gasteiger partial charge on any atom is 0.223 e. The number of hydrogen-bond donors (Lipinski definition) is 0. The van der Waals surface area contributed by atoms with Gasteiger partial charge in [0.15, 0.2) is 0 Å². The summed E-state index contributed by atoms with van der Waals surface area (Å²) in [4.78, 5) is 4.08. The van der Waals surface area contributed by atoms with Crippen LogP contribution in [0.4, 0.5) is 4.39 Å². The fraction of sp³-hybridized carbons (Fsp3) is 0.0833. The molecule has 0 N–H and O–H groups in total. The standard InChI is InChI=1S/C12H8BrClFNO/c13-10-6-9(3-4-11(10)15)17-12-8(7-14)2-1-5-16-12/h1-6H,7H2. The molecule has 0 spiro atoms. The smallest absolute Gasteiger partial charge is 0.223 e. The number of pyridine rings is 1. The number of ether oxygens (including phenoxy) is 1. The van der Waals surface area contributed by atoms with Crippen molar-refractivity contribution in [2.75, 3.05) is 0 Å². The second-order valence-corrected chi connectivity index (χ2v) is 4.40. The van der Waals surface area contributed by atoms with Gasteiger partial charge in [0, 0.05) is 11.8 Å². The average molecular weight is 317 g/mol. The van der Waals surface area contributed by atoms with Crippen molar-refractivity contribution in [1.82, 2.24) is 4.98 Å². The first-order valence-electron chi connectivity index (χ1n) is 4.83. The third-order valence-corrected chi connectivity index (χ3v) is 3.00. The summed E-state index contributed by atoms with van der Waals surface area (Å²) in [5.41, 5.74) is 0.787.